The van der Waals surface area contributed by atoms with Crippen LogP contribution in [0.25, 0.3) is 5.52 Å². The number of Topliss-reactive ketones (excluding diaryl/α,β-unsaturated/α-hetero) is 1. The average Bonchev–Trinajstić information content (AvgIpc) is 3.19. The van der Waals surface area contributed by atoms with E-state index in [0.717, 1.165) is 22.4 Å². The van der Waals surface area contributed by atoms with E-state index in [-0.39, 0.29) is 17.0 Å². The molecular weight excluding hydrogens is 470 g/mol. The maximum Gasteiger partial charge on any atom is 0.341 e. The number of aryl methyl sites for hydroxylation is 1. The largest absolute Gasteiger partial charge is 0.479 e. The summed E-state index contributed by atoms with van der Waals surface area (Å²) in [5.74, 6) is 3.16. The van der Waals surface area contributed by atoms with Crippen molar-refractivity contribution in [3.63, 3.8) is 0 Å². The molecule has 0 atom stereocenters. The fourth-order valence-corrected chi connectivity index (χ4v) is 4.28. The molecule has 4 rings (SSSR count). The van der Waals surface area contributed by atoms with E-state index >= 15 is 0 Å². The summed E-state index contributed by atoms with van der Waals surface area (Å²) in [7, 11) is 0. The number of primary amides is 1. The summed E-state index contributed by atoms with van der Waals surface area (Å²) in [4.78, 5) is 40.5. The van der Waals surface area contributed by atoms with Crippen molar-refractivity contribution in [3.05, 3.63) is 100.0 Å². The number of ketones is 1. The molecule has 0 spiro atoms. The van der Waals surface area contributed by atoms with Crippen LogP contribution in [0, 0.1) is 18.8 Å². The van der Waals surface area contributed by atoms with Gasteiger partial charge in [-0.15, -0.1) is 0 Å². The lowest BCUT2D eigenvalue weighted by Gasteiger charge is -2.10. The van der Waals surface area contributed by atoms with Gasteiger partial charge < -0.3 is 20.0 Å². The number of hydrogen-bond acceptors (Lipinski definition) is 5. The molecule has 0 bridgehead atoms. The Morgan fingerprint density at radius 3 is 2.43 bits per heavy atom. The first kappa shape index (κ1) is 25.2. The van der Waals surface area contributed by atoms with Crippen LogP contribution in [0.1, 0.15) is 50.9 Å². The van der Waals surface area contributed by atoms with Crippen LogP contribution in [0.15, 0.2) is 60.8 Å². The summed E-state index contributed by atoms with van der Waals surface area (Å²) in [6.45, 7) is 2.95. The molecule has 0 radical (unpaired) electrons. The summed E-state index contributed by atoms with van der Waals surface area (Å²) in [6.07, 6.45) is 2.53. The molecule has 4 aromatic rings. The van der Waals surface area contributed by atoms with Gasteiger partial charge in [0.05, 0.1) is 11.3 Å². The van der Waals surface area contributed by atoms with E-state index in [0.29, 0.717) is 24.1 Å². The molecule has 0 saturated carbocycles. The van der Waals surface area contributed by atoms with Gasteiger partial charge in [-0.2, -0.15) is 0 Å². The van der Waals surface area contributed by atoms with Crippen LogP contribution in [0.4, 0.5) is 0 Å². The van der Waals surface area contributed by atoms with E-state index in [1.54, 1.807) is 17.5 Å². The van der Waals surface area contributed by atoms with Crippen molar-refractivity contribution in [2.24, 2.45) is 5.73 Å². The number of hydrogen-bond donors (Lipinski definition) is 2. The van der Waals surface area contributed by atoms with Gasteiger partial charge in [0.1, 0.15) is 5.52 Å². The Kier molecular flexibility index (Phi) is 7.35. The fraction of sp³-hybridized carbons (Fsp3) is 0.172. The van der Waals surface area contributed by atoms with E-state index in [2.05, 4.69) is 16.8 Å². The summed E-state index contributed by atoms with van der Waals surface area (Å²) < 4.78 is 7.19. The number of nitrogens with zero attached hydrogens (tertiary/aromatic N) is 2. The van der Waals surface area contributed by atoms with Crippen molar-refractivity contribution in [1.29, 1.82) is 0 Å². The molecule has 2 aromatic carbocycles. The minimum absolute atomic E-state index is 0.0508. The number of carboxylic acid groups (broad SMARTS) is 1. The predicted molar refractivity (Wildman–Crippen MR) is 138 cm³/mol. The Morgan fingerprint density at radius 2 is 1.76 bits per heavy atom. The normalized spacial score (nSPS) is 10.5. The highest BCUT2D eigenvalue weighted by Crippen LogP contribution is 2.33. The summed E-state index contributed by atoms with van der Waals surface area (Å²) in [5, 5.41) is 9.13. The van der Waals surface area contributed by atoms with Gasteiger partial charge in [-0.25, -0.2) is 9.78 Å². The minimum atomic E-state index is -1.20. The van der Waals surface area contributed by atoms with Crippen molar-refractivity contribution in [1.82, 2.24) is 9.38 Å². The maximum atomic E-state index is 13.0. The first-order valence-electron chi connectivity index (χ1n) is 11.7. The highest BCUT2D eigenvalue weighted by molar-refractivity contribution is 6.44. The number of fused-ring (bicyclic) bond motifs is 1. The van der Waals surface area contributed by atoms with Gasteiger partial charge in [-0.1, -0.05) is 55.2 Å². The lowest BCUT2D eigenvalue weighted by molar-refractivity contribution is -0.139. The second kappa shape index (κ2) is 10.8. The van der Waals surface area contributed by atoms with Crippen LogP contribution in [-0.4, -0.2) is 38.8 Å². The van der Waals surface area contributed by atoms with E-state index in [9.17, 15) is 14.4 Å². The predicted octanol–water partition coefficient (Wildman–Crippen LogP) is 3.33. The van der Waals surface area contributed by atoms with Gasteiger partial charge in [0.25, 0.3) is 11.7 Å². The number of nitrogens with two attached hydrogens (primary N) is 1. The van der Waals surface area contributed by atoms with Crippen LogP contribution < -0.4 is 10.5 Å². The smallest absolute Gasteiger partial charge is 0.341 e. The van der Waals surface area contributed by atoms with Gasteiger partial charge in [0, 0.05) is 29.4 Å². The molecule has 8 nitrogen and oxygen atoms in total. The van der Waals surface area contributed by atoms with Crippen LogP contribution >= 0.6 is 0 Å². The summed E-state index contributed by atoms with van der Waals surface area (Å²) in [6, 6.07) is 17.3. The quantitative estimate of drug-likeness (QED) is 0.220. The molecular formula is C29H25N3O5. The minimum Gasteiger partial charge on any atom is -0.479 e. The molecule has 2 heterocycles. The zero-order chi connectivity index (χ0) is 26.5. The Bertz CT molecular complexity index is 1580. The molecule has 0 unspecified atom stereocenters. The Labute approximate surface area is 213 Å². The topological polar surface area (TPSA) is 124 Å². The number of amides is 1. The van der Waals surface area contributed by atoms with Gasteiger partial charge in [0.2, 0.25) is 5.88 Å². The molecule has 0 fully saturated rings. The van der Waals surface area contributed by atoms with Gasteiger partial charge in [-0.3, -0.25) is 9.59 Å². The molecule has 0 aliphatic heterocycles. The Balaban J connectivity index is 1.92. The number of benzene rings is 2. The highest BCUT2D eigenvalue weighted by Gasteiger charge is 2.29. The first-order valence-corrected chi connectivity index (χ1v) is 11.7. The van der Waals surface area contributed by atoms with Gasteiger partial charge in [-0.05, 0) is 42.7 Å². The molecule has 3 N–H and O–H groups in total. The van der Waals surface area contributed by atoms with Crippen LogP contribution in [-0.2, 0) is 22.4 Å². The standard InChI is InChI=1S/C29H25N3O5/c1-3-22-23(15-21-12-8-7-11-20(21)14-13-19-9-5-4-6-10-19)32-16-18(2)31-29(37-17-24(33)34)26(32)25(22)27(35)28(30)36/h4-12,16H,3,15,17H2,1-2H3,(H2,30,36)(H,33,34). The van der Waals surface area contributed by atoms with Gasteiger partial charge in [0.15, 0.2) is 6.61 Å². The van der Waals surface area contributed by atoms with Crippen molar-refractivity contribution in [2.75, 3.05) is 6.61 Å². The fourth-order valence-electron chi connectivity index (χ4n) is 4.28. The van der Waals surface area contributed by atoms with E-state index in [1.807, 2.05) is 61.5 Å². The number of rotatable bonds is 8. The number of ether oxygens (including phenoxy) is 1. The monoisotopic (exact) mass is 495 g/mol. The molecule has 2 aromatic heterocycles. The number of aromatic nitrogens is 2. The molecule has 0 aliphatic rings. The van der Waals surface area contributed by atoms with Crippen molar-refractivity contribution in [2.45, 2.75) is 26.7 Å². The Morgan fingerprint density at radius 1 is 1.05 bits per heavy atom. The zero-order valence-electron chi connectivity index (χ0n) is 20.4. The van der Waals surface area contributed by atoms with Crippen LogP contribution in [0.5, 0.6) is 5.88 Å². The molecule has 37 heavy (non-hydrogen) atoms. The number of carboxylic acids is 1. The average molecular weight is 496 g/mol. The SMILES string of the molecule is CCc1c(C(=O)C(N)=O)c2c(OCC(=O)O)nc(C)cn2c1Cc1ccccc1C#Cc1ccccc1. The number of carbonyl (C=O) groups is 3. The van der Waals surface area contributed by atoms with Crippen molar-refractivity contribution < 1.29 is 24.2 Å². The molecule has 1 amide bonds. The zero-order valence-corrected chi connectivity index (χ0v) is 20.4. The third-order valence-corrected chi connectivity index (χ3v) is 5.84. The Hall–Kier alpha value is -4.90. The molecule has 0 saturated heterocycles. The maximum absolute atomic E-state index is 13.0. The highest BCUT2D eigenvalue weighted by atomic mass is 16.5. The molecule has 186 valence electrons. The van der Waals surface area contributed by atoms with E-state index in [4.69, 9.17) is 15.6 Å². The molecule has 0 aliphatic carbocycles. The summed E-state index contributed by atoms with van der Waals surface area (Å²) in [5.41, 5.74) is 10.2. The number of carbonyl (C=O) groups excluding carboxylic acids is 2. The van der Waals surface area contributed by atoms with E-state index < -0.39 is 24.3 Å². The van der Waals surface area contributed by atoms with Crippen LogP contribution in [0.3, 0.4) is 0 Å². The lowest BCUT2D eigenvalue weighted by Crippen LogP contribution is -2.24. The second-order valence-electron chi connectivity index (χ2n) is 8.39. The molecule has 8 heteroatoms. The number of aliphatic carboxylic acids is 1. The van der Waals surface area contributed by atoms with Gasteiger partial charge >= 0.3 is 5.97 Å². The van der Waals surface area contributed by atoms with Crippen molar-refractivity contribution in [3.8, 4) is 17.7 Å². The van der Waals surface area contributed by atoms with Crippen LogP contribution in [0.2, 0.25) is 0 Å². The van der Waals surface area contributed by atoms with Crippen molar-refractivity contribution >= 4 is 23.2 Å². The second-order valence-corrected chi connectivity index (χ2v) is 8.39. The third-order valence-electron chi connectivity index (χ3n) is 5.84. The third kappa shape index (κ3) is 5.36. The summed E-state index contributed by atoms with van der Waals surface area (Å²) >= 11 is 0. The first-order chi connectivity index (χ1) is 17.8. The lowest BCUT2D eigenvalue weighted by atomic mass is 9.97. The van der Waals surface area contributed by atoms with E-state index in [1.165, 1.54) is 0 Å².